The number of allylic oxidation sites excluding steroid dienone is 8. The van der Waals surface area contributed by atoms with Gasteiger partial charge in [-0.15, -0.1) is 137 Å². The summed E-state index contributed by atoms with van der Waals surface area (Å²) >= 11 is 0. The minimum atomic E-state index is -0.288. The van der Waals surface area contributed by atoms with E-state index in [-0.39, 0.29) is 132 Å². The van der Waals surface area contributed by atoms with E-state index in [1.54, 1.807) is 12.3 Å². The molecule has 17 heteroatoms. The molecule has 4 heterocycles. The predicted octanol–water partition coefficient (Wildman–Crippen LogP) is 24.5. The molecule has 4 radical (unpaired) electrons. The average molecular weight is 2250 g/mol. The molecule has 0 fully saturated rings. The van der Waals surface area contributed by atoms with Crippen LogP contribution in [0.3, 0.4) is 0 Å². The van der Waals surface area contributed by atoms with Crippen molar-refractivity contribution in [3.63, 3.8) is 0 Å². The summed E-state index contributed by atoms with van der Waals surface area (Å²) in [5.74, 6) is 0.712. The number of ketones is 4. The summed E-state index contributed by atoms with van der Waals surface area (Å²) in [7, 11) is 0. The number of aliphatic hydroxyl groups is 4. The smallest absolute Gasteiger partial charge is 0.316 e. The molecule has 0 unspecified atom stereocenters. The van der Waals surface area contributed by atoms with Crippen molar-refractivity contribution in [1.82, 2.24) is 19.9 Å². The van der Waals surface area contributed by atoms with Gasteiger partial charge >= 0.3 is 23.1 Å². The van der Waals surface area contributed by atoms with Gasteiger partial charge in [0, 0.05) is 111 Å². The fraction of sp³-hybridized carbons (Fsp3) is 0.111. The molecule has 116 heavy (non-hydrogen) atoms. The van der Waals surface area contributed by atoms with Crippen molar-refractivity contribution < 1.29 is 124 Å². The molecule has 8 N–H and O–H groups in total. The van der Waals surface area contributed by atoms with Crippen molar-refractivity contribution in [3.8, 4) is 45.0 Å². The Labute approximate surface area is 730 Å². The van der Waals surface area contributed by atoms with Gasteiger partial charge in [-0.05, 0) is 173 Å². The molecule has 4 aromatic heterocycles. The fourth-order valence-corrected chi connectivity index (χ4v) is 12.5. The number of aliphatic hydroxyl groups excluding tert-OH is 4. The maximum Gasteiger partial charge on any atom is 0.316 e. The van der Waals surface area contributed by atoms with Gasteiger partial charge in [-0.1, -0.05) is 153 Å². The second kappa shape index (κ2) is 46.9. The Balaban J connectivity index is 0.000000246. The maximum atomic E-state index is 13.1. The minimum Gasteiger partial charge on any atom is -0.512 e. The van der Waals surface area contributed by atoms with E-state index in [1.165, 1.54) is 184 Å². The van der Waals surface area contributed by atoms with Crippen LogP contribution in [-0.4, -0.2) is 82.7 Å². The van der Waals surface area contributed by atoms with Gasteiger partial charge in [-0.3, -0.25) is 23.6 Å². The number of aryl methyl sites for hydroxylation is 3. The van der Waals surface area contributed by atoms with Gasteiger partial charge in [0.05, 0.1) is 75.0 Å². The molecular formula is C99H89FIr4N4O8. The summed E-state index contributed by atoms with van der Waals surface area (Å²) in [4.78, 5) is 51.8. The molecular weight excluding hydrogens is 2160 g/mol. The van der Waals surface area contributed by atoms with E-state index in [0.717, 1.165) is 55.8 Å². The first-order valence-electron chi connectivity index (χ1n) is 36.1. The van der Waals surface area contributed by atoms with Gasteiger partial charge in [0.2, 0.25) is 0 Å². The number of fused-ring (bicyclic) bond motifs is 12. The van der Waals surface area contributed by atoms with Gasteiger partial charge in [-0.25, -0.2) is 0 Å². The Morgan fingerprint density at radius 3 is 0.966 bits per heavy atom. The molecule has 0 amide bonds. The number of hydrogen-bond donors (Lipinski definition) is 4. The second-order valence-electron chi connectivity index (χ2n) is 26.6. The van der Waals surface area contributed by atoms with Gasteiger partial charge < -0.3 is 40.4 Å². The van der Waals surface area contributed by atoms with Crippen molar-refractivity contribution in [3.05, 3.63) is 362 Å². The number of pyridine rings is 4. The Morgan fingerprint density at radius 2 is 0.621 bits per heavy atom. The molecule has 12 nitrogen and oxygen atoms in total. The van der Waals surface area contributed by atoms with Crippen molar-refractivity contribution in [2.45, 2.75) is 76.2 Å². The normalized spacial score (nSPS) is 10.8. The number of halogens is 1. The van der Waals surface area contributed by atoms with E-state index >= 15 is 0 Å². The molecule has 0 spiro atoms. The molecule has 0 bridgehead atoms. The molecule has 16 rings (SSSR count). The molecule has 0 saturated carbocycles. The summed E-state index contributed by atoms with van der Waals surface area (Å²) in [5.41, 5.74) is 11.5. The average Bonchev–Trinajstić information content (AvgIpc) is 0.813. The van der Waals surface area contributed by atoms with Crippen LogP contribution in [0.2, 0.25) is 0 Å². The minimum absolute atomic E-state index is 0. The monoisotopic (exact) mass is 2250 g/mol. The zero-order valence-corrected chi connectivity index (χ0v) is 75.4. The summed E-state index contributed by atoms with van der Waals surface area (Å²) in [6.07, 6.45) is 12.6. The van der Waals surface area contributed by atoms with Crippen LogP contribution in [0.4, 0.5) is 4.39 Å². The van der Waals surface area contributed by atoms with Crippen molar-refractivity contribution >= 4 is 109 Å². The van der Waals surface area contributed by atoms with Crippen molar-refractivity contribution in [2.24, 2.45) is 0 Å². The first kappa shape index (κ1) is 95.3. The van der Waals surface area contributed by atoms with Gasteiger partial charge in [0.1, 0.15) is 0 Å². The predicted molar refractivity (Wildman–Crippen MR) is 464 cm³/mol. The third-order valence-corrected chi connectivity index (χ3v) is 17.1. The van der Waals surface area contributed by atoms with E-state index in [2.05, 4.69) is 241 Å². The first-order valence-corrected chi connectivity index (χ1v) is 36.1. The number of carbonyl (C=O) groups excluding carboxylic acids is 4. The Kier molecular flexibility index (Phi) is 38.5. The van der Waals surface area contributed by atoms with Gasteiger partial charge in [0.25, 0.3) is 0 Å². The molecule has 0 aliphatic carbocycles. The van der Waals surface area contributed by atoms with Crippen LogP contribution in [0.1, 0.15) is 72.1 Å². The zero-order chi connectivity index (χ0) is 80.4. The SMILES string of the molecule is CC(=[OH+])C=C(C)O.CC(=[OH+])C=C(C)O.CC(=[OH+])C=C(C)O.CC(=[OH+])C=C(C)O.Cc1c[c-]c(-c2nccc3c2ccc2ccccc23)cc1.Cc1cc[c-]c(-c2nccc3c2ccc2ccccc23)c1.Cc1cccc2c1ccc1c(-c3[c-]cccc3)nccc12.Fc1c[c-]c(-c2nccc3c2ccc2ccccc23)cc1.[Ir].[Ir].[Ir].[Ir]. The van der Waals surface area contributed by atoms with Crippen LogP contribution in [0.5, 0.6) is 0 Å². The summed E-state index contributed by atoms with van der Waals surface area (Å²) < 4.78 is 13.1. The standard InChI is InChI=1S/3C20H14N.C19H11FN.4C5H8O2.4Ir/c1-14-5-4-7-16(13-14)20-19-10-9-15-6-2-3-8-17(15)18(19)11-12-21-20;1-14-6-5-9-17-16(14)10-11-19-18(17)12-13-21-20(19)15-7-3-2-4-8-15;1-14-6-8-16(9-7-14)20-19-11-10-15-4-2-3-5-17(15)18(19)12-13-21-20;20-15-8-5-14(6-9-15)19-18-10-7-13-3-1-2-4-16(13)17(18)11-12-21-19;4*1-4(6)3-5(2)7;;;;/h2-6,8-13H,1H3;2-7,9-13H,1H3;2-8,10-13H,1H3;1-5,7-12H;4*3,6H,1-2H3;;;;/q4*-1;;;;;;;;/p+4. The van der Waals surface area contributed by atoms with E-state index in [9.17, 15) is 4.39 Å². The number of rotatable bonds is 8. The van der Waals surface area contributed by atoms with Gasteiger partial charge in [-0.2, -0.15) is 0 Å². The second-order valence-corrected chi connectivity index (χ2v) is 26.6. The molecule has 0 atom stereocenters. The largest absolute Gasteiger partial charge is 0.512 e. The van der Waals surface area contributed by atoms with E-state index in [4.69, 9.17) is 39.6 Å². The van der Waals surface area contributed by atoms with Gasteiger partial charge in [0.15, 0.2) is 0 Å². The first-order chi connectivity index (χ1) is 53.8. The topological polar surface area (TPSA) is 218 Å². The number of nitrogens with zero attached hydrogens (tertiary/aromatic N) is 4. The van der Waals surface area contributed by atoms with Crippen LogP contribution < -0.4 is 0 Å². The number of benzene rings is 12. The number of aromatic nitrogens is 4. The quantitative estimate of drug-likeness (QED) is 0.0376. The van der Waals surface area contributed by atoms with Crippen LogP contribution in [0.15, 0.2) is 315 Å². The zero-order valence-electron chi connectivity index (χ0n) is 65.8. The van der Waals surface area contributed by atoms with Crippen molar-refractivity contribution in [1.29, 1.82) is 0 Å². The Morgan fingerprint density at radius 1 is 0.293 bits per heavy atom. The Hall–Kier alpha value is -11.3. The molecule has 16 aromatic rings. The van der Waals surface area contributed by atoms with Crippen LogP contribution in [-0.2, 0) is 80.4 Å². The summed E-state index contributed by atoms with van der Waals surface area (Å²) in [5, 5.41) is 53.1. The van der Waals surface area contributed by atoms with Crippen LogP contribution in [0.25, 0.3) is 131 Å². The number of hydrogen-bond acceptors (Lipinski definition) is 8. The van der Waals surface area contributed by atoms with Crippen LogP contribution >= 0.6 is 0 Å². The summed E-state index contributed by atoms with van der Waals surface area (Å²) in [6.45, 7) is 18.3. The maximum absolute atomic E-state index is 13.1. The van der Waals surface area contributed by atoms with Crippen molar-refractivity contribution in [2.75, 3.05) is 0 Å². The van der Waals surface area contributed by atoms with E-state index < -0.39 is 0 Å². The molecule has 596 valence electrons. The third kappa shape index (κ3) is 27.2. The molecule has 0 saturated heterocycles. The van der Waals surface area contributed by atoms with E-state index in [1.807, 2.05) is 67.1 Å². The molecule has 12 aromatic carbocycles. The molecule has 0 aliphatic heterocycles. The summed E-state index contributed by atoms with van der Waals surface area (Å²) in [6, 6.07) is 94.9. The third-order valence-electron chi connectivity index (χ3n) is 17.1. The Bertz CT molecular complexity index is 5910. The van der Waals surface area contributed by atoms with E-state index in [0.29, 0.717) is 0 Å². The van der Waals surface area contributed by atoms with Crippen LogP contribution in [0, 0.1) is 50.9 Å². The fourth-order valence-electron chi connectivity index (χ4n) is 12.5. The molecule has 0 aliphatic rings.